The Hall–Kier alpha value is -1.40. The highest BCUT2D eigenvalue weighted by Crippen LogP contribution is 2.28. The zero-order valence-electron chi connectivity index (χ0n) is 11.9. The molecule has 5 nitrogen and oxygen atoms in total. The lowest BCUT2D eigenvalue weighted by atomic mass is 9.99. The molecule has 1 aromatic rings. The number of benzene rings is 1. The van der Waals surface area contributed by atoms with E-state index in [4.69, 9.17) is 5.73 Å². The van der Waals surface area contributed by atoms with Crippen LogP contribution >= 0.6 is 0 Å². The van der Waals surface area contributed by atoms with E-state index in [-0.39, 0.29) is 12.5 Å². The lowest BCUT2D eigenvalue weighted by Crippen LogP contribution is -2.44. The summed E-state index contributed by atoms with van der Waals surface area (Å²) in [5, 5.41) is 0. The van der Waals surface area contributed by atoms with Crippen molar-refractivity contribution in [2.24, 2.45) is 11.7 Å². The van der Waals surface area contributed by atoms with Gasteiger partial charge in [0.25, 0.3) is 0 Å². The van der Waals surface area contributed by atoms with Gasteiger partial charge >= 0.3 is 0 Å². The van der Waals surface area contributed by atoms with Crippen LogP contribution in [0.15, 0.2) is 23.1 Å². The first kappa shape index (κ1) is 14.5. The molecule has 6 heteroatoms. The predicted octanol–water partition coefficient (Wildman–Crippen LogP) is 1.06. The third-order valence-electron chi connectivity index (χ3n) is 4.49. The Kier molecular flexibility index (Phi) is 3.75. The molecule has 0 aromatic heterocycles. The fourth-order valence-corrected chi connectivity index (χ4v) is 4.83. The van der Waals surface area contributed by atoms with Crippen LogP contribution in [0, 0.1) is 5.92 Å². The van der Waals surface area contributed by atoms with Crippen LogP contribution in [0.25, 0.3) is 0 Å². The third kappa shape index (κ3) is 2.70. The van der Waals surface area contributed by atoms with Crippen molar-refractivity contribution in [3.05, 3.63) is 29.3 Å². The first-order chi connectivity index (χ1) is 9.98. The monoisotopic (exact) mass is 308 g/mol. The van der Waals surface area contributed by atoms with Gasteiger partial charge in [-0.2, -0.15) is 4.31 Å². The summed E-state index contributed by atoms with van der Waals surface area (Å²) in [4.78, 5) is 11.7. The van der Waals surface area contributed by atoms with Crippen molar-refractivity contribution >= 4 is 15.9 Å². The highest BCUT2D eigenvalue weighted by Gasteiger charge is 2.32. The zero-order chi connectivity index (χ0) is 15.0. The maximum atomic E-state index is 12.7. The number of carbonyl (C=O) groups is 1. The summed E-state index contributed by atoms with van der Waals surface area (Å²) < 4.78 is 26.9. The van der Waals surface area contributed by atoms with Crippen LogP contribution in [-0.2, 0) is 27.7 Å². The molecule has 114 valence electrons. The molecule has 1 heterocycles. The topological polar surface area (TPSA) is 80.5 Å². The van der Waals surface area contributed by atoms with E-state index in [0.717, 1.165) is 24.8 Å². The molecule has 0 radical (unpaired) electrons. The summed E-state index contributed by atoms with van der Waals surface area (Å²) in [6, 6.07) is 5.41. The molecule has 1 atom stereocenters. The van der Waals surface area contributed by atoms with Gasteiger partial charge in [0.1, 0.15) is 0 Å². The van der Waals surface area contributed by atoms with Gasteiger partial charge in [-0.05, 0) is 55.4 Å². The molecule has 2 aliphatic rings. The maximum absolute atomic E-state index is 12.7. The number of hydrogen-bond donors (Lipinski definition) is 1. The van der Waals surface area contributed by atoms with Gasteiger partial charge in [0.05, 0.1) is 10.8 Å². The summed E-state index contributed by atoms with van der Waals surface area (Å²) in [5.41, 5.74) is 7.72. The Labute approximate surface area is 125 Å². The smallest absolute Gasteiger partial charge is 0.243 e. The molecule has 1 saturated heterocycles. The predicted molar refractivity (Wildman–Crippen MR) is 79.1 cm³/mol. The number of rotatable bonds is 3. The first-order valence-electron chi connectivity index (χ1n) is 7.40. The number of amides is 1. The Bertz CT molecular complexity index is 669. The van der Waals surface area contributed by atoms with Gasteiger partial charge in [-0.3, -0.25) is 4.79 Å². The molecule has 3 rings (SSSR count). The molecular formula is C15H20N2O3S. The van der Waals surface area contributed by atoms with Gasteiger partial charge in [-0.25, -0.2) is 8.42 Å². The van der Waals surface area contributed by atoms with E-state index < -0.39 is 15.9 Å². The van der Waals surface area contributed by atoms with E-state index in [1.54, 1.807) is 12.1 Å². The number of fused-ring (bicyclic) bond motifs is 1. The van der Waals surface area contributed by atoms with Gasteiger partial charge in [0, 0.05) is 13.1 Å². The lowest BCUT2D eigenvalue weighted by Gasteiger charge is -2.30. The van der Waals surface area contributed by atoms with Crippen molar-refractivity contribution in [1.82, 2.24) is 4.31 Å². The zero-order valence-corrected chi connectivity index (χ0v) is 12.7. The van der Waals surface area contributed by atoms with Crippen molar-refractivity contribution in [3.63, 3.8) is 0 Å². The second-order valence-corrected chi connectivity index (χ2v) is 7.83. The lowest BCUT2D eigenvalue weighted by molar-refractivity contribution is -0.122. The summed E-state index contributed by atoms with van der Waals surface area (Å²) in [6.07, 6.45) is 4.42. The second kappa shape index (κ2) is 5.42. The molecule has 0 unspecified atom stereocenters. The highest BCUT2D eigenvalue weighted by molar-refractivity contribution is 7.89. The molecule has 1 amide bonds. The average Bonchev–Trinajstić information content (AvgIpc) is 2.94. The van der Waals surface area contributed by atoms with Crippen LogP contribution < -0.4 is 5.73 Å². The minimum absolute atomic E-state index is 0.203. The SMILES string of the molecule is NC(=O)[C@@H]1CCCN(S(=O)(=O)c2ccc3c(c2)CCC3)C1. The quantitative estimate of drug-likeness (QED) is 0.906. The summed E-state index contributed by atoms with van der Waals surface area (Å²) in [6.45, 7) is 0.665. The van der Waals surface area contributed by atoms with Crippen LogP contribution in [0.3, 0.4) is 0 Å². The van der Waals surface area contributed by atoms with E-state index >= 15 is 0 Å². The van der Waals surface area contributed by atoms with Crippen molar-refractivity contribution in [2.75, 3.05) is 13.1 Å². The average molecular weight is 308 g/mol. The third-order valence-corrected chi connectivity index (χ3v) is 6.36. The summed E-state index contributed by atoms with van der Waals surface area (Å²) in [5.74, 6) is -0.785. The largest absolute Gasteiger partial charge is 0.369 e. The van der Waals surface area contributed by atoms with Gasteiger partial charge in [-0.15, -0.1) is 0 Å². The molecule has 0 saturated carbocycles. The van der Waals surface area contributed by atoms with E-state index in [1.165, 1.54) is 9.87 Å². The molecule has 2 N–H and O–H groups in total. The number of hydrogen-bond acceptors (Lipinski definition) is 3. The molecule has 1 aliphatic heterocycles. The van der Waals surface area contributed by atoms with Gasteiger partial charge in [-0.1, -0.05) is 6.07 Å². The number of carbonyl (C=O) groups excluding carboxylic acids is 1. The van der Waals surface area contributed by atoms with Crippen LogP contribution in [0.2, 0.25) is 0 Å². The number of piperidine rings is 1. The molecule has 0 spiro atoms. The van der Waals surface area contributed by atoms with E-state index in [0.29, 0.717) is 24.3 Å². The summed E-state index contributed by atoms with van der Waals surface area (Å²) in [7, 11) is -3.52. The highest BCUT2D eigenvalue weighted by atomic mass is 32.2. The Morgan fingerprint density at radius 1 is 1.19 bits per heavy atom. The minimum Gasteiger partial charge on any atom is -0.369 e. The second-order valence-electron chi connectivity index (χ2n) is 5.89. The first-order valence-corrected chi connectivity index (χ1v) is 8.84. The fraction of sp³-hybridized carbons (Fsp3) is 0.533. The minimum atomic E-state index is -3.52. The van der Waals surface area contributed by atoms with Crippen molar-refractivity contribution < 1.29 is 13.2 Å². The fourth-order valence-electron chi connectivity index (χ4n) is 3.25. The Balaban J connectivity index is 1.88. The van der Waals surface area contributed by atoms with E-state index in [1.807, 2.05) is 6.07 Å². The standard InChI is InChI=1S/C15H20N2O3S/c16-15(18)13-5-2-8-17(10-13)21(19,20)14-7-6-11-3-1-4-12(11)9-14/h6-7,9,13H,1-5,8,10H2,(H2,16,18)/t13-/m1/s1. The number of nitrogens with two attached hydrogens (primary N) is 1. The number of nitrogens with zero attached hydrogens (tertiary/aromatic N) is 1. The van der Waals surface area contributed by atoms with Crippen LogP contribution in [-0.4, -0.2) is 31.7 Å². The molecule has 1 fully saturated rings. The van der Waals surface area contributed by atoms with Gasteiger partial charge in [0.2, 0.25) is 15.9 Å². The van der Waals surface area contributed by atoms with Crippen molar-refractivity contribution in [2.45, 2.75) is 37.0 Å². The number of aryl methyl sites for hydroxylation is 2. The Morgan fingerprint density at radius 2 is 1.95 bits per heavy atom. The molecule has 1 aromatic carbocycles. The van der Waals surface area contributed by atoms with E-state index in [9.17, 15) is 13.2 Å². The van der Waals surface area contributed by atoms with E-state index in [2.05, 4.69) is 0 Å². The van der Waals surface area contributed by atoms with Crippen LogP contribution in [0.5, 0.6) is 0 Å². The molecular weight excluding hydrogens is 288 g/mol. The molecule has 1 aliphatic carbocycles. The Morgan fingerprint density at radius 3 is 2.71 bits per heavy atom. The van der Waals surface area contributed by atoms with Crippen LogP contribution in [0.1, 0.15) is 30.4 Å². The van der Waals surface area contributed by atoms with Crippen molar-refractivity contribution in [1.29, 1.82) is 0 Å². The number of primary amides is 1. The summed E-state index contributed by atoms with van der Waals surface area (Å²) >= 11 is 0. The van der Waals surface area contributed by atoms with Crippen molar-refractivity contribution in [3.8, 4) is 0 Å². The molecule has 21 heavy (non-hydrogen) atoms. The van der Waals surface area contributed by atoms with Gasteiger partial charge < -0.3 is 5.73 Å². The normalized spacial score (nSPS) is 23.0. The number of sulfonamides is 1. The molecule has 0 bridgehead atoms. The van der Waals surface area contributed by atoms with Gasteiger partial charge in [0.15, 0.2) is 0 Å². The maximum Gasteiger partial charge on any atom is 0.243 e. The van der Waals surface area contributed by atoms with Crippen LogP contribution in [0.4, 0.5) is 0 Å².